The molecule has 5 rings (SSSR count). The van der Waals surface area contributed by atoms with Gasteiger partial charge in [-0.1, -0.05) is 15.9 Å². The maximum atomic E-state index is 13.5. The van der Waals surface area contributed by atoms with E-state index in [4.69, 9.17) is 4.74 Å². The molecule has 4 aliphatic rings. The van der Waals surface area contributed by atoms with Crippen molar-refractivity contribution in [3.05, 3.63) is 28.2 Å². The number of aliphatic hydroxyl groups is 1. The number of nitrogens with zero attached hydrogens (tertiary/aromatic N) is 1. The summed E-state index contributed by atoms with van der Waals surface area (Å²) in [5, 5.41) is 16.4. The third kappa shape index (κ3) is 2.57. The van der Waals surface area contributed by atoms with E-state index in [-0.39, 0.29) is 30.4 Å². The zero-order valence-corrected chi connectivity index (χ0v) is 17.4. The van der Waals surface area contributed by atoms with Gasteiger partial charge in [-0.2, -0.15) is 0 Å². The summed E-state index contributed by atoms with van der Waals surface area (Å²) in [7, 11) is 0. The van der Waals surface area contributed by atoms with Gasteiger partial charge in [-0.15, -0.1) is 0 Å². The third-order valence-electron chi connectivity index (χ3n) is 6.63. The number of halogens is 1. The summed E-state index contributed by atoms with van der Waals surface area (Å²) in [4.78, 5) is 41.2. The van der Waals surface area contributed by atoms with Gasteiger partial charge in [0.25, 0.3) is 0 Å². The molecule has 4 heterocycles. The minimum Gasteiger partial charge on any atom is -0.392 e. The Morgan fingerprint density at radius 2 is 2.14 bits per heavy atom. The van der Waals surface area contributed by atoms with Crippen molar-refractivity contribution in [2.45, 2.75) is 43.6 Å². The Kier molecular flexibility index (Phi) is 4.36. The molecule has 1 spiro atoms. The highest BCUT2D eigenvalue weighted by molar-refractivity contribution is 9.10. The summed E-state index contributed by atoms with van der Waals surface area (Å²) in [5.41, 5.74) is -0.160. The summed E-state index contributed by atoms with van der Waals surface area (Å²) in [6.07, 6.45) is 0.616. The van der Waals surface area contributed by atoms with Crippen LogP contribution in [0, 0.1) is 11.8 Å². The average molecular weight is 464 g/mol. The van der Waals surface area contributed by atoms with Crippen LogP contribution in [0.15, 0.2) is 22.7 Å². The number of carbonyl (C=O) groups excluding carboxylic acids is 3. The van der Waals surface area contributed by atoms with Gasteiger partial charge in [0.15, 0.2) is 0 Å². The number of likely N-dealkylation sites (tertiary alicyclic amines) is 1. The Morgan fingerprint density at radius 1 is 1.34 bits per heavy atom. The first kappa shape index (κ1) is 19.2. The van der Waals surface area contributed by atoms with Gasteiger partial charge in [0.05, 0.1) is 30.6 Å². The Hall–Kier alpha value is -1.81. The van der Waals surface area contributed by atoms with Crippen LogP contribution >= 0.6 is 15.9 Å². The molecule has 0 aliphatic carbocycles. The van der Waals surface area contributed by atoms with Gasteiger partial charge in [0.1, 0.15) is 5.54 Å². The first-order valence-electron chi connectivity index (χ1n) is 9.88. The van der Waals surface area contributed by atoms with Crippen LogP contribution in [-0.2, 0) is 24.7 Å². The lowest BCUT2D eigenvalue weighted by molar-refractivity contribution is -0.144. The van der Waals surface area contributed by atoms with Gasteiger partial charge < -0.3 is 15.2 Å². The van der Waals surface area contributed by atoms with Crippen LogP contribution < -0.4 is 10.6 Å². The van der Waals surface area contributed by atoms with E-state index >= 15 is 0 Å². The number of hydrogen-bond donors (Lipinski definition) is 3. The number of aliphatic hydroxyl groups excluding tert-OH is 1. The molecule has 1 aromatic rings. The SMILES string of the molecule is C[C@H](O)[C@@H]1N[C@@]2(C(=O)Nc3ccc(Br)cc32)[C@H]2C(=O)N(C[C@H]3CCCO3)C(=O)[C@@H]12. The quantitative estimate of drug-likeness (QED) is 0.570. The van der Waals surface area contributed by atoms with E-state index in [1.165, 1.54) is 4.90 Å². The Morgan fingerprint density at radius 3 is 2.83 bits per heavy atom. The molecule has 0 unspecified atom stereocenters. The third-order valence-corrected chi connectivity index (χ3v) is 7.13. The number of benzene rings is 1. The van der Waals surface area contributed by atoms with Gasteiger partial charge in [-0.3, -0.25) is 24.6 Å². The monoisotopic (exact) mass is 463 g/mol. The van der Waals surface area contributed by atoms with E-state index in [0.717, 1.165) is 17.3 Å². The Bertz CT molecular complexity index is 915. The number of fused-ring (bicyclic) bond motifs is 4. The molecule has 3 amide bonds. The molecule has 1 aromatic carbocycles. The van der Waals surface area contributed by atoms with Crippen molar-refractivity contribution in [3.8, 4) is 0 Å². The Labute approximate surface area is 176 Å². The zero-order chi connectivity index (χ0) is 20.5. The summed E-state index contributed by atoms with van der Waals surface area (Å²) in [6.45, 7) is 2.39. The second kappa shape index (κ2) is 6.60. The van der Waals surface area contributed by atoms with Gasteiger partial charge in [-0.05, 0) is 38.0 Å². The molecule has 3 fully saturated rings. The van der Waals surface area contributed by atoms with Crippen molar-refractivity contribution in [2.24, 2.45) is 11.8 Å². The molecule has 0 aromatic heterocycles. The number of amides is 3. The summed E-state index contributed by atoms with van der Waals surface area (Å²) in [5.74, 6) is -2.81. The van der Waals surface area contributed by atoms with E-state index < -0.39 is 29.5 Å². The van der Waals surface area contributed by atoms with Gasteiger partial charge in [0.2, 0.25) is 17.7 Å². The summed E-state index contributed by atoms with van der Waals surface area (Å²) in [6, 6.07) is 4.66. The minimum atomic E-state index is -1.39. The first-order chi connectivity index (χ1) is 13.8. The smallest absolute Gasteiger partial charge is 0.250 e. The van der Waals surface area contributed by atoms with Crippen LogP contribution in [0.25, 0.3) is 0 Å². The van der Waals surface area contributed by atoms with Crippen molar-refractivity contribution in [3.63, 3.8) is 0 Å². The second-order valence-corrected chi connectivity index (χ2v) is 9.20. The second-order valence-electron chi connectivity index (χ2n) is 8.29. The van der Waals surface area contributed by atoms with E-state index in [0.29, 0.717) is 17.9 Å². The fourth-order valence-electron chi connectivity index (χ4n) is 5.35. The number of ether oxygens (including phenoxy) is 1. The normalized spacial score (nSPS) is 36.7. The molecule has 0 radical (unpaired) electrons. The fourth-order valence-corrected chi connectivity index (χ4v) is 5.71. The molecule has 9 heteroatoms. The van der Waals surface area contributed by atoms with Crippen molar-refractivity contribution in [1.82, 2.24) is 10.2 Å². The standard InChI is InChI=1S/C20H22BrN3O5/c1-9(25)16-14-15(18(27)24(17(14)26)8-11-3-2-6-29-11)20(23-16)12-7-10(21)4-5-13(12)22-19(20)28/h4-5,7,9,11,14-16,23,25H,2-3,6,8H2,1H3,(H,22,28)/t9-,11+,14+,15+,16-,20+/m0/s1. The maximum Gasteiger partial charge on any atom is 0.250 e. The van der Waals surface area contributed by atoms with E-state index in [2.05, 4.69) is 26.6 Å². The first-order valence-corrected chi connectivity index (χ1v) is 10.7. The number of carbonyl (C=O) groups is 3. The summed E-state index contributed by atoms with van der Waals surface area (Å²) < 4.78 is 6.38. The lowest BCUT2D eigenvalue weighted by atomic mass is 9.76. The number of anilines is 1. The maximum absolute atomic E-state index is 13.5. The predicted molar refractivity (Wildman–Crippen MR) is 106 cm³/mol. The molecule has 3 N–H and O–H groups in total. The molecule has 154 valence electrons. The zero-order valence-electron chi connectivity index (χ0n) is 15.9. The fraction of sp³-hybridized carbons (Fsp3) is 0.550. The van der Waals surface area contributed by atoms with Crippen molar-refractivity contribution in [2.75, 3.05) is 18.5 Å². The van der Waals surface area contributed by atoms with Crippen LogP contribution in [0.3, 0.4) is 0 Å². The Balaban J connectivity index is 1.61. The van der Waals surface area contributed by atoms with E-state index in [1.807, 2.05) is 6.07 Å². The molecular weight excluding hydrogens is 442 g/mol. The van der Waals surface area contributed by atoms with Crippen molar-refractivity contribution in [1.29, 1.82) is 0 Å². The topological polar surface area (TPSA) is 108 Å². The largest absolute Gasteiger partial charge is 0.392 e. The molecule has 29 heavy (non-hydrogen) atoms. The number of rotatable bonds is 3. The van der Waals surface area contributed by atoms with Crippen LogP contribution in [0.2, 0.25) is 0 Å². The lowest BCUT2D eigenvalue weighted by Gasteiger charge is -2.30. The number of nitrogens with one attached hydrogen (secondary N) is 2. The molecule has 0 saturated carbocycles. The van der Waals surface area contributed by atoms with Crippen LogP contribution in [0.4, 0.5) is 5.69 Å². The predicted octanol–water partition coefficient (Wildman–Crippen LogP) is 0.729. The summed E-state index contributed by atoms with van der Waals surface area (Å²) >= 11 is 3.43. The van der Waals surface area contributed by atoms with Crippen LogP contribution in [-0.4, -0.2) is 59.1 Å². The van der Waals surface area contributed by atoms with Crippen molar-refractivity contribution >= 4 is 39.3 Å². The van der Waals surface area contributed by atoms with Gasteiger partial charge >= 0.3 is 0 Å². The van der Waals surface area contributed by atoms with E-state index in [1.54, 1.807) is 19.1 Å². The van der Waals surface area contributed by atoms with Crippen LogP contribution in [0.1, 0.15) is 25.3 Å². The highest BCUT2D eigenvalue weighted by Crippen LogP contribution is 2.53. The molecule has 8 nitrogen and oxygen atoms in total. The highest BCUT2D eigenvalue weighted by Gasteiger charge is 2.71. The molecule has 3 saturated heterocycles. The van der Waals surface area contributed by atoms with Crippen molar-refractivity contribution < 1.29 is 24.2 Å². The van der Waals surface area contributed by atoms with Gasteiger partial charge in [0, 0.05) is 28.4 Å². The molecule has 4 aliphatic heterocycles. The number of hydrogen-bond acceptors (Lipinski definition) is 6. The van der Waals surface area contributed by atoms with Gasteiger partial charge in [-0.25, -0.2) is 0 Å². The van der Waals surface area contributed by atoms with E-state index in [9.17, 15) is 19.5 Å². The molecular formula is C20H22BrN3O5. The average Bonchev–Trinajstić information content (AvgIpc) is 3.41. The van der Waals surface area contributed by atoms with Crippen LogP contribution in [0.5, 0.6) is 0 Å². The minimum absolute atomic E-state index is 0.172. The number of imide groups is 1. The lowest BCUT2D eigenvalue weighted by Crippen LogP contribution is -2.55. The molecule has 6 atom stereocenters. The highest BCUT2D eigenvalue weighted by atomic mass is 79.9. The molecule has 0 bridgehead atoms.